The first-order chi connectivity index (χ1) is 5.93. The summed E-state index contributed by atoms with van der Waals surface area (Å²) >= 11 is 0. The molecule has 0 spiro atoms. The average Bonchev–Trinajstić information content (AvgIpc) is 1.98. The van der Waals surface area contributed by atoms with Gasteiger partial charge >= 0.3 is 0 Å². The molecule has 1 atom stereocenters. The number of hydrogen-bond acceptors (Lipinski definition) is 3. The van der Waals surface area contributed by atoms with E-state index in [1.807, 2.05) is 13.8 Å². The fourth-order valence-electron chi connectivity index (χ4n) is 0.743. The highest BCUT2D eigenvalue weighted by Gasteiger charge is 2.11. The summed E-state index contributed by atoms with van der Waals surface area (Å²) in [5.41, 5.74) is 0. The van der Waals surface area contributed by atoms with E-state index in [1.165, 1.54) is 6.92 Å². The molecule has 0 heterocycles. The number of Topliss-reactive ketones (excluding diaryl/α,β-unsaturated/α-hetero) is 1. The highest BCUT2D eigenvalue weighted by Crippen LogP contribution is 1.98. The molecule has 76 valence electrons. The van der Waals surface area contributed by atoms with Crippen molar-refractivity contribution in [2.75, 3.05) is 6.54 Å². The van der Waals surface area contributed by atoms with Gasteiger partial charge in [0.2, 0.25) is 5.91 Å². The number of carbonyl (C=O) groups is 2. The first-order valence-electron chi connectivity index (χ1n) is 4.37. The molecular formula is C9H17NO3. The summed E-state index contributed by atoms with van der Waals surface area (Å²) in [7, 11) is 0. The highest BCUT2D eigenvalue weighted by molar-refractivity contribution is 5.96. The van der Waals surface area contributed by atoms with E-state index in [1.54, 1.807) is 0 Å². The SMILES string of the molecule is CC(=O)CC(=O)NCC(O)C(C)C. The Morgan fingerprint density at radius 1 is 1.38 bits per heavy atom. The van der Waals surface area contributed by atoms with E-state index in [0.29, 0.717) is 0 Å². The van der Waals surface area contributed by atoms with Gasteiger partial charge in [0.15, 0.2) is 0 Å². The van der Waals surface area contributed by atoms with Crippen molar-refractivity contribution in [3.8, 4) is 0 Å². The Morgan fingerprint density at radius 2 is 1.92 bits per heavy atom. The molecule has 13 heavy (non-hydrogen) atoms. The van der Waals surface area contributed by atoms with E-state index in [-0.39, 0.29) is 30.6 Å². The van der Waals surface area contributed by atoms with Gasteiger partial charge in [-0.1, -0.05) is 13.8 Å². The van der Waals surface area contributed by atoms with Gasteiger partial charge in [-0.15, -0.1) is 0 Å². The zero-order chi connectivity index (χ0) is 10.4. The number of aliphatic hydroxyl groups excluding tert-OH is 1. The quantitative estimate of drug-likeness (QED) is 0.600. The smallest absolute Gasteiger partial charge is 0.227 e. The molecule has 0 fully saturated rings. The van der Waals surface area contributed by atoms with Crippen LogP contribution in [-0.2, 0) is 9.59 Å². The first-order valence-corrected chi connectivity index (χ1v) is 4.37. The van der Waals surface area contributed by atoms with Crippen molar-refractivity contribution in [1.82, 2.24) is 5.32 Å². The zero-order valence-corrected chi connectivity index (χ0v) is 8.33. The van der Waals surface area contributed by atoms with Crippen molar-refractivity contribution in [1.29, 1.82) is 0 Å². The van der Waals surface area contributed by atoms with Crippen LogP contribution in [0.3, 0.4) is 0 Å². The maximum absolute atomic E-state index is 10.9. The van der Waals surface area contributed by atoms with Gasteiger partial charge in [0.1, 0.15) is 5.78 Å². The van der Waals surface area contributed by atoms with Crippen molar-refractivity contribution >= 4 is 11.7 Å². The van der Waals surface area contributed by atoms with Crippen molar-refractivity contribution < 1.29 is 14.7 Å². The van der Waals surface area contributed by atoms with Crippen LogP contribution >= 0.6 is 0 Å². The third kappa shape index (κ3) is 6.28. The Kier molecular flexibility index (Phi) is 5.30. The lowest BCUT2D eigenvalue weighted by molar-refractivity contribution is -0.127. The highest BCUT2D eigenvalue weighted by atomic mass is 16.3. The summed E-state index contributed by atoms with van der Waals surface area (Å²) in [5.74, 6) is -0.388. The molecule has 0 saturated heterocycles. The molecule has 0 aliphatic heterocycles. The molecule has 2 N–H and O–H groups in total. The molecule has 1 unspecified atom stereocenters. The summed E-state index contributed by atoms with van der Waals surface area (Å²) < 4.78 is 0. The largest absolute Gasteiger partial charge is 0.391 e. The van der Waals surface area contributed by atoms with E-state index in [9.17, 15) is 14.7 Å². The first kappa shape index (κ1) is 12.1. The monoisotopic (exact) mass is 187 g/mol. The lowest BCUT2D eigenvalue weighted by Crippen LogP contribution is -2.35. The number of carbonyl (C=O) groups excluding carboxylic acids is 2. The molecule has 0 radical (unpaired) electrons. The second-order valence-electron chi connectivity index (χ2n) is 3.49. The third-order valence-corrected chi connectivity index (χ3v) is 1.69. The summed E-state index contributed by atoms with van der Waals surface area (Å²) in [6, 6.07) is 0. The fourth-order valence-corrected chi connectivity index (χ4v) is 0.743. The Balaban J connectivity index is 3.64. The second kappa shape index (κ2) is 5.70. The van der Waals surface area contributed by atoms with Gasteiger partial charge in [-0.25, -0.2) is 0 Å². The Morgan fingerprint density at radius 3 is 2.31 bits per heavy atom. The molecule has 0 aromatic heterocycles. The molecule has 4 heteroatoms. The van der Waals surface area contributed by atoms with Gasteiger partial charge in [-0.3, -0.25) is 9.59 Å². The lowest BCUT2D eigenvalue weighted by atomic mass is 10.1. The normalized spacial score (nSPS) is 12.7. The molecule has 0 saturated carbocycles. The van der Waals surface area contributed by atoms with Crippen LogP contribution in [0.4, 0.5) is 0 Å². The Hall–Kier alpha value is -0.900. The van der Waals surface area contributed by atoms with Crippen LogP contribution in [0.5, 0.6) is 0 Å². The van der Waals surface area contributed by atoms with Gasteiger partial charge in [-0.2, -0.15) is 0 Å². The van der Waals surface area contributed by atoms with Crippen LogP contribution in [0.2, 0.25) is 0 Å². The minimum absolute atomic E-state index is 0.106. The van der Waals surface area contributed by atoms with E-state index in [4.69, 9.17) is 0 Å². The van der Waals surface area contributed by atoms with Gasteiger partial charge in [0.25, 0.3) is 0 Å². The van der Waals surface area contributed by atoms with Crippen molar-refractivity contribution in [2.24, 2.45) is 5.92 Å². The number of hydrogen-bond donors (Lipinski definition) is 2. The number of nitrogens with one attached hydrogen (secondary N) is 1. The fraction of sp³-hybridized carbons (Fsp3) is 0.778. The minimum Gasteiger partial charge on any atom is -0.391 e. The zero-order valence-electron chi connectivity index (χ0n) is 8.33. The van der Waals surface area contributed by atoms with E-state index in [0.717, 1.165) is 0 Å². The molecule has 0 aromatic carbocycles. The maximum Gasteiger partial charge on any atom is 0.227 e. The van der Waals surface area contributed by atoms with Gasteiger partial charge < -0.3 is 10.4 Å². The molecule has 0 bridgehead atoms. The lowest BCUT2D eigenvalue weighted by Gasteiger charge is -2.14. The summed E-state index contributed by atoms with van der Waals surface area (Å²) in [5, 5.41) is 11.8. The van der Waals surface area contributed by atoms with Crippen LogP contribution in [0, 0.1) is 5.92 Å². The number of aliphatic hydroxyl groups is 1. The van der Waals surface area contributed by atoms with Crippen molar-refractivity contribution in [3.63, 3.8) is 0 Å². The molecule has 0 aliphatic carbocycles. The number of amides is 1. The molecule has 1 amide bonds. The Bertz CT molecular complexity index is 189. The van der Waals surface area contributed by atoms with Crippen molar-refractivity contribution in [2.45, 2.75) is 33.3 Å². The topological polar surface area (TPSA) is 66.4 Å². The molecule has 0 rings (SSSR count). The number of ketones is 1. The van der Waals surface area contributed by atoms with Gasteiger partial charge in [-0.05, 0) is 12.8 Å². The van der Waals surface area contributed by atoms with Crippen molar-refractivity contribution in [3.05, 3.63) is 0 Å². The predicted octanol–water partition coefficient (Wildman–Crippen LogP) is 0.0986. The second-order valence-corrected chi connectivity index (χ2v) is 3.49. The van der Waals surface area contributed by atoms with E-state index in [2.05, 4.69) is 5.32 Å². The molecular weight excluding hydrogens is 170 g/mol. The van der Waals surface area contributed by atoms with Gasteiger partial charge in [0, 0.05) is 6.54 Å². The van der Waals surface area contributed by atoms with E-state index >= 15 is 0 Å². The van der Waals surface area contributed by atoms with Crippen LogP contribution in [0.15, 0.2) is 0 Å². The van der Waals surface area contributed by atoms with Crippen LogP contribution in [0.1, 0.15) is 27.2 Å². The van der Waals surface area contributed by atoms with E-state index < -0.39 is 6.10 Å². The summed E-state index contributed by atoms with van der Waals surface area (Å²) in [4.78, 5) is 21.4. The molecule has 4 nitrogen and oxygen atoms in total. The molecule has 0 aliphatic rings. The standard InChI is InChI=1S/C9H17NO3/c1-6(2)8(12)5-10-9(13)4-7(3)11/h6,8,12H,4-5H2,1-3H3,(H,10,13). The number of rotatable bonds is 5. The summed E-state index contributed by atoms with van der Waals surface area (Å²) in [6.45, 7) is 5.30. The van der Waals surface area contributed by atoms with Crippen LogP contribution < -0.4 is 5.32 Å². The summed E-state index contributed by atoms with van der Waals surface area (Å²) in [6.07, 6.45) is -0.652. The minimum atomic E-state index is -0.545. The maximum atomic E-state index is 10.9. The predicted molar refractivity (Wildman–Crippen MR) is 49.2 cm³/mol. The van der Waals surface area contributed by atoms with Crippen LogP contribution in [0.25, 0.3) is 0 Å². The molecule has 0 aromatic rings. The average molecular weight is 187 g/mol. The van der Waals surface area contributed by atoms with Gasteiger partial charge in [0.05, 0.1) is 12.5 Å². The third-order valence-electron chi connectivity index (χ3n) is 1.69. The Labute approximate surface area is 78.3 Å². The van der Waals surface area contributed by atoms with Crippen LogP contribution in [-0.4, -0.2) is 29.4 Å².